The van der Waals surface area contributed by atoms with Gasteiger partial charge in [0.1, 0.15) is 11.8 Å². The fourth-order valence-corrected chi connectivity index (χ4v) is 3.07. The van der Waals surface area contributed by atoms with Gasteiger partial charge in [0.2, 0.25) is 5.91 Å². The molecule has 0 aliphatic rings. The first-order valence-corrected chi connectivity index (χ1v) is 10.3. The third-order valence-corrected chi connectivity index (χ3v) is 4.80. The Labute approximate surface area is 174 Å². The zero-order valence-electron chi connectivity index (χ0n) is 17.9. The van der Waals surface area contributed by atoms with E-state index in [0.717, 1.165) is 17.5 Å². The smallest absolute Gasteiger partial charge is 0.261 e. The molecule has 0 aromatic heterocycles. The summed E-state index contributed by atoms with van der Waals surface area (Å²) in [5.41, 5.74) is 2.03. The highest BCUT2D eigenvalue weighted by Crippen LogP contribution is 2.26. The van der Waals surface area contributed by atoms with E-state index in [2.05, 4.69) is 19.2 Å². The van der Waals surface area contributed by atoms with Gasteiger partial charge in [0.15, 0.2) is 6.61 Å². The largest absolute Gasteiger partial charge is 0.483 e. The van der Waals surface area contributed by atoms with Crippen molar-refractivity contribution in [2.24, 2.45) is 0 Å². The van der Waals surface area contributed by atoms with Gasteiger partial charge >= 0.3 is 0 Å². The Kier molecular flexibility index (Phi) is 8.71. The molecular weight excluding hydrogens is 364 g/mol. The number of ether oxygens (including phenoxy) is 1. The number of nitrogens with zero attached hydrogens (tertiary/aromatic N) is 1. The van der Waals surface area contributed by atoms with Crippen LogP contribution < -0.4 is 10.1 Å². The van der Waals surface area contributed by atoms with Gasteiger partial charge < -0.3 is 15.0 Å². The molecule has 2 amide bonds. The van der Waals surface area contributed by atoms with E-state index in [0.29, 0.717) is 24.8 Å². The standard InChI is InChI=1S/C24H32N2O3/c1-5-15-25-24(28)19(4)26(16-20-11-7-6-8-12-20)23(27)17-29-22-14-10-9-13-21(22)18(2)3/h6-14,18-19H,5,15-17H2,1-4H3,(H,25,28). The lowest BCUT2D eigenvalue weighted by molar-refractivity contribution is -0.142. The summed E-state index contributed by atoms with van der Waals surface area (Å²) in [6.45, 7) is 8.77. The quantitative estimate of drug-likeness (QED) is 0.657. The van der Waals surface area contributed by atoms with Gasteiger partial charge in [-0.05, 0) is 36.5 Å². The molecule has 0 aliphatic heterocycles. The highest BCUT2D eigenvalue weighted by atomic mass is 16.5. The molecule has 2 aromatic carbocycles. The van der Waals surface area contributed by atoms with E-state index in [1.54, 1.807) is 11.8 Å². The molecule has 0 bridgehead atoms. The molecule has 156 valence electrons. The molecule has 1 unspecified atom stereocenters. The first-order valence-electron chi connectivity index (χ1n) is 10.3. The lowest BCUT2D eigenvalue weighted by Crippen LogP contribution is -2.49. The van der Waals surface area contributed by atoms with Crippen molar-refractivity contribution < 1.29 is 14.3 Å². The molecule has 2 rings (SSSR count). The van der Waals surface area contributed by atoms with Crippen LogP contribution in [0.5, 0.6) is 5.75 Å². The second-order valence-corrected chi connectivity index (χ2v) is 7.46. The predicted octanol–water partition coefficient (Wildman–Crippen LogP) is 4.13. The van der Waals surface area contributed by atoms with Crippen molar-refractivity contribution in [3.63, 3.8) is 0 Å². The summed E-state index contributed by atoms with van der Waals surface area (Å²) in [5, 5.41) is 2.88. The Morgan fingerprint density at radius 1 is 1.00 bits per heavy atom. The molecule has 5 heteroatoms. The van der Waals surface area contributed by atoms with Crippen LogP contribution in [0.1, 0.15) is 51.2 Å². The van der Waals surface area contributed by atoms with Crippen LogP contribution in [0, 0.1) is 0 Å². The highest BCUT2D eigenvalue weighted by Gasteiger charge is 2.26. The highest BCUT2D eigenvalue weighted by molar-refractivity contribution is 5.87. The van der Waals surface area contributed by atoms with Crippen LogP contribution >= 0.6 is 0 Å². The van der Waals surface area contributed by atoms with Gasteiger partial charge in [0.25, 0.3) is 5.91 Å². The molecule has 0 heterocycles. The topological polar surface area (TPSA) is 58.6 Å². The molecule has 5 nitrogen and oxygen atoms in total. The van der Waals surface area contributed by atoms with Gasteiger partial charge in [-0.2, -0.15) is 0 Å². The third kappa shape index (κ3) is 6.63. The Bertz CT molecular complexity index is 790. The molecule has 0 saturated heterocycles. The summed E-state index contributed by atoms with van der Waals surface area (Å²) < 4.78 is 5.87. The minimum Gasteiger partial charge on any atom is -0.483 e. The lowest BCUT2D eigenvalue weighted by atomic mass is 10.0. The summed E-state index contributed by atoms with van der Waals surface area (Å²) in [4.78, 5) is 27.1. The number of amides is 2. The zero-order valence-corrected chi connectivity index (χ0v) is 17.9. The van der Waals surface area contributed by atoms with E-state index in [1.807, 2.05) is 61.5 Å². The second-order valence-electron chi connectivity index (χ2n) is 7.46. The number of nitrogens with one attached hydrogen (secondary N) is 1. The first kappa shape index (κ1) is 22.5. The third-order valence-electron chi connectivity index (χ3n) is 4.80. The summed E-state index contributed by atoms with van der Waals surface area (Å²) in [7, 11) is 0. The summed E-state index contributed by atoms with van der Waals surface area (Å²) in [6, 6.07) is 16.8. The number of hydrogen-bond acceptors (Lipinski definition) is 3. The van der Waals surface area contributed by atoms with E-state index in [4.69, 9.17) is 4.74 Å². The summed E-state index contributed by atoms with van der Waals surface area (Å²) >= 11 is 0. The van der Waals surface area contributed by atoms with Gasteiger partial charge in [-0.1, -0.05) is 69.3 Å². The molecule has 0 radical (unpaired) electrons. The molecule has 2 aromatic rings. The van der Waals surface area contributed by atoms with Gasteiger partial charge in [-0.3, -0.25) is 9.59 Å². The number of carbonyl (C=O) groups is 2. The van der Waals surface area contributed by atoms with Crippen molar-refractivity contribution in [3.8, 4) is 5.75 Å². The van der Waals surface area contributed by atoms with Gasteiger partial charge in [-0.15, -0.1) is 0 Å². The van der Waals surface area contributed by atoms with E-state index in [9.17, 15) is 9.59 Å². The number of carbonyl (C=O) groups excluding carboxylic acids is 2. The monoisotopic (exact) mass is 396 g/mol. The number of para-hydroxylation sites is 1. The number of hydrogen-bond donors (Lipinski definition) is 1. The molecular formula is C24H32N2O3. The van der Waals surface area contributed by atoms with Crippen molar-refractivity contribution in [2.45, 2.75) is 52.6 Å². The fraction of sp³-hybridized carbons (Fsp3) is 0.417. The average molecular weight is 397 g/mol. The van der Waals surface area contributed by atoms with Crippen molar-refractivity contribution in [1.29, 1.82) is 0 Å². The van der Waals surface area contributed by atoms with Crippen molar-refractivity contribution in [1.82, 2.24) is 10.2 Å². The SMILES string of the molecule is CCCNC(=O)C(C)N(Cc1ccccc1)C(=O)COc1ccccc1C(C)C. The van der Waals surface area contributed by atoms with E-state index >= 15 is 0 Å². The van der Waals surface area contributed by atoms with Crippen LogP contribution in [0.4, 0.5) is 0 Å². The second kappa shape index (κ2) is 11.2. The van der Waals surface area contributed by atoms with Crippen LogP contribution in [0.25, 0.3) is 0 Å². The Balaban J connectivity index is 2.14. The molecule has 0 aliphatic carbocycles. The van der Waals surface area contributed by atoms with Gasteiger partial charge in [0, 0.05) is 13.1 Å². The molecule has 1 N–H and O–H groups in total. The normalized spacial score (nSPS) is 11.8. The summed E-state index contributed by atoms with van der Waals surface area (Å²) in [6.07, 6.45) is 0.847. The number of rotatable bonds is 10. The maximum atomic E-state index is 13.0. The Morgan fingerprint density at radius 3 is 2.31 bits per heavy atom. The Hall–Kier alpha value is -2.82. The lowest BCUT2D eigenvalue weighted by Gasteiger charge is -2.29. The van der Waals surface area contributed by atoms with E-state index in [1.165, 1.54) is 0 Å². The minimum absolute atomic E-state index is 0.109. The maximum Gasteiger partial charge on any atom is 0.261 e. The summed E-state index contributed by atoms with van der Waals surface area (Å²) in [5.74, 6) is 0.629. The molecule has 1 atom stereocenters. The predicted molar refractivity (Wildman–Crippen MR) is 116 cm³/mol. The molecule has 0 fully saturated rings. The minimum atomic E-state index is -0.585. The van der Waals surface area contributed by atoms with Crippen molar-refractivity contribution >= 4 is 11.8 Å². The van der Waals surface area contributed by atoms with Gasteiger partial charge in [-0.25, -0.2) is 0 Å². The fourth-order valence-electron chi connectivity index (χ4n) is 3.07. The molecule has 29 heavy (non-hydrogen) atoms. The molecule has 0 saturated carbocycles. The van der Waals surface area contributed by atoms with Crippen molar-refractivity contribution in [2.75, 3.05) is 13.2 Å². The van der Waals surface area contributed by atoms with Crippen LogP contribution in [0.15, 0.2) is 54.6 Å². The van der Waals surface area contributed by atoms with E-state index < -0.39 is 6.04 Å². The Morgan fingerprint density at radius 2 is 1.66 bits per heavy atom. The van der Waals surface area contributed by atoms with E-state index in [-0.39, 0.29) is 18.4 Å². The maximum absolute atomic E-state index is 13.0. The van der Waals surface area contributed by atoms with Gasteiger partial charge in [0.05, 0.1) is 0 Å². The van der Waals surface area contributed by atoms with Crippen LogP contribution in [0.3, 0.4) is 0 Å². The molecule has 0 spiro atoms. The van der Waals surface area contributed by atoms with Crippen LogP contribution in [-0.4, -0.2) is 35.9 Å². The van der Waals surface area contributed by atoms with Crippen LogP contribution in [-0.2, 0) is 16.1 Å². The average Bonchev–Trinajstić information content (AvgIpc) is 2.74. The van der Waals surface area contributed by atoms with Crippen molar-refractivity contribution in [3.05, 3.63) is 65.7 Å². The first-order chi connectivity index (χ1) is 13.9. The van der Waals surface area contributed by atoms with Crippen LogP contribution in [0.2, 0.25) is 0 Å². The number of benzene rings is 2. The zero-order chi connectivity index (χ0) is 21.2.